The van der Waals surface area contributed by atoms with Gasteiger partial charge in [0.2, 0.25) is 0 Å². The predicted octanol–water partition coefficient (Wildman–Crippen LogP) is 5.24. The van der Waals surface area contributed by atoms with Crippen LogP contribution in [-0.2, 0) is 0 Å². The van der Waals surface area contributed by atoms with Crippen molar-refractivity contribution >= 4 is 17.3 Å². The number of fused-ring (bicyclic) bond motifs is 2. The van der Waals surface area contributed by atoms with Gasteiger partial charge in [0, 0.05) is 28.4 Å². The number of piperidine rings is 1. The fourth-order valence-electron chi connectivity index (χ4n) is 3.82. The van der Waals surface area contributed by atoms with Crippen molar-refractivity contribution in [2.45, 2.75) is 29.6 Å². The fourth-order valence-corrected chi connectivity index (χ4v) is 4.96. The number of halogens is 1. The number of rotatable bonds is 3. The molecule has 0 radical (unpaired) electrons. The molecular weight excluding hydrogens is 361 g/mol. The zero-order valence-electron chi connectivity index (χ0n) is 16.1. The lowest BCUT2D eigenvalue weighted by Crippen LogP contribution is -2.27. The van der Waals surface area contributed by atoms with Gasteiger partial charge in [-0.05, 0) is 68.3 Å². The van der Waals surface area contributed by atoms with Crippen LogP contribution >= 0.6 is 11.8 Å². The van der Waals surface area contributed by atoms with Crippen molar-refractivity contribution in [1.82, 2.24) is 4.90 Å². The van der Waals surface area contributed by atoms with Crippen molar-refractivity contribution in [3.63, 3.8) is 0 Å². The van der Waals surface area contributed by atoms with Crippen LogP contribution in [0.5, 0.6) is 11.5 Å². The molecule has 1 fully saturated rings. The molecule has 0 spiro atoms. The molecule has 0 bridgehead atoms. The average molecular weight is 388 g/mol. The van der Waals surface area contributed by atoms with Crippen molar-refractivity contribution in [3.8, 4) is 11.5 Å². The fraction of sp³-hybridized carbons (Fsp3) is 0.364. The predicted molar refractivity (Wildman–Crippen MR) is 110 cm³/mol. The van der Waals surface area contributed by atoms with E-state index in [1.54, 1.807) is 12.7 Å². The molecule has 0 amide bonds. The van der Waals surface area contributed by atoms with Crippen LogP contribution in [0.3, 0.4) is 0 Å². The summed E-state index contributed by atoms with van der Waals surface area (Å²) in [7, 11) is 3.97. The molecule has 1 saturated heterocycles. The Kier molecular flexibility index (Phi) is 6.12. The Bertz CT molecular complexity index is 855. The first kappa shape index (κ1) is 19.8. The van der Waals surface area contributed by atoms with Gasteiger partial charge < -0.3 is 14.4 Å². The Balaban J connectivity index is 0.00000210. The van der Waals surface area contributed by atoms with Gasteiger partial charge in [0.1, 0.15) is 11.5 Å². The first-order chi connectivity index (χ1) is 12.7. The zero-order chi connectivity index (χ0) is 18.1. The zero-order valence-corrected chi connectivity index (χ0v) is 16.9. The van der Waals surface area contributed by atoms with E-state index in [2.05, 4.69) is 48.3 Å². The second-order valence-corrected chi connectivity index (χ2v) is 7.89. The first-order valence-electron chi connectivity index (χ1n) is 9.24. The maximum absolute atomic E-state index is 5.75. The van der Waals surface area contributed by atoms with E-state index < -0.39 is 0 Å². The summed E-state index contributed by atoms with van der Waals surface area (Å²) < 4.78 is 11.5. The molecule has 3 nitrogen and oxygen atoms in total. The van der Waals surface area contributed by atoms with E-state index in [9.17, 15) is 0 Å². The summed E-state index contributed by atoms with van der Waals surface area (Å²) in [5, 5.41) is 0. The molecule has 0 saturated carbocycles. The van der Waals surface area contributed by atoms with Crippen LogP contribution in [0.4, 0.5) is 4.70 Å². The standard InChI is InChI=1S/C22H25NO2S.FH/c1-4-25-16-8-9-17-20(14-16)26-19-7-5-6-18(24-3)22(19)21(17)15-10-12-23(2)13-11-15;/h5-9,14H,4,10-13H2,1-3H3;1H. The summed E-state index contributed by atoms with van der Waals surface area (Å²) in [6.45, 7) is 4.94. The number of benzene rings is 2. The second kappa shape index (κ2) is 8.36. The van der Waals surface area contributed by atoms with Crippen molar-refractivity contribution < 1.29 is 14.2 Å². The van der Waals surface area contributed by atoms with Crippen LogP contribution in [0.25, 0.3) is 5.57 Å². The SMILES string of the molecule is CCOc1ccc2c(c1)Sc1cccc(OC)c1C2=C1CCN(C)CC1.F. The molecule has 0 unspecified atom stereocenters. The van der Waals surface area contributed by atoms with Gasteiger partial charge in [-0.1, -0.05) is 23.4 Å². The van der Waals surface area contributed by atoms with Crippen LogP contribution in [0.1, 0.15) is 30.9 Å². The molecule has 2 aromatic carbocycles. The molecule has 2 aliphatic rings. The van der Waals surface area contributed by atoms with Gasteiger partial charge in [0.15, 0.2) is 0 Å². The third kappa shape index (κ3) is 3.71. The molecule has 0 N–H and O–H groups in total. The van der Waals surface area contributed by atoms with E-state index in [-0.39, 0.29) is 4.70 Å². The van der Waals surface area contributed by atoms with E-state index in [1.165, 1.54) is 26.5 Å². The highest BCUT2D eigenvalue weighted by atomic mass is 32.2. The van der Waals surface area contributed by atoms with Crippen LogP contribution in [0, 0.1) is 0 Å². The lowest BCUT2D eigenvalue weighted by atomic mass is 9.87. The third-order valence-electron chi connectivity index (χ3n) is 5.16. The van der Waals surface area contributed by atoms with Crippen molar-refractivity contribution in [3.05, 3.63) is 53.1 Å². The summed E-state index contributed by atoms with van der Waals surface area (Å²) >= 11 is 1.82. The molecule has 5 heteroatoms. The van der Waals surface area contributed by atoms with E-state index in [4.69, 9.17) is 9.47 Å². The highest BCUT2D eigenvalue weighted by molar-refractivity contribution is 7.99. The van der Waals surface area contributed by atoms with E-state index in [0.29, 0.717) is 6.61 Å². The van der Waals surface area contributed by atoms with Crippen molar-refractivity contribution in [1.29, 1.82) is 0 Å². The molecule has 2 aliphatic heterocycles. The van der Waals surface area contributed by atoms with E-state index >= 15 is 0 Å². The molecule has 0 atom stereocenters. The normalized spacial score (nSPS) is 16.3. The number of likely N-dealkylation sites (tertiary alicyclic amines) is 1. The van der Waals surface area contributed by atoms with Crippen LogP contribution < -0.4 is 9.47 Å². The van der Waals surface area contributed by atoms with Gasteiger partial charge in [0.25, 0.3) is 0 Å². The number of ether oxygens (including phenoxy) is 2. The minimum Gasteiger partial charge on any atom is -0.496 e. The van der Waals surface area contributed by atoms with Gasteiger partial charge in [0.05, 0.1) is 13.7 Å². The molecule has 27 heavy (non-hydrogen) atoms. The van der Waals surface area contributed by atoms with Gasteiger partial charge in [-0.2, -0.15) is 0 Å². The van der Waals surface area contributed by atoms with Crippen LogP contribution in [-0.4, -0.2) is 38.8 Å². The average Bonchev–Trinajstić information content (AvgIpc) is 2.66. The van der Waals surface area contributed by atoms with Gasteiger partial charge in [-0.3, -0.25) is 4.70 Å². The van der Waals surface area contributed by atoms with E-state index in [0.717, 1.165) is 37.4 Å². The number of hydrogen-bond donors (Lipinski definition) is 0. The van der Waals surface area contributed by atoms with Crippen molar-refractivity contribution in [2.24, 2.45) is 0 Å². The van der Waals surface area contributed by atoms with Crippen molar-refractivity contribution in [2.75, 3.05) is 33.9 Å². The monoisotopic (exact) mass is 387 g/mol. The lowest BCUT2D eigenvalue weighted by molar-refractivity contribution is 0.313. The van der Waals surface area contributed by atoms with Crippen LogP contribution in [0.2, 0.25) is 0 Å². The summed E-state index contributed by atoms with van der Waals surface area (Å²) in [4.78, 5) is 4.95. The Labute approximate surface area is 164 Å². The van der Waals surface area contributed by atoms with Gasteiger partial charge >= 0.3 is 0 Å². The maximum Gasteiger partial charge on any atom is 0.127 e. The first-order valence-corrected chi connectivity index (χ1v) is 10.1. The Morgan fingerprint density at radius 2 is 1.85 bits per heavy atom. The maximum atomic E-state index is 5.75. The largest absolute Gasteiger partial charge is 0.496 e. The summed E-state index contributed by atoms with van der Waals surface area (Å²) in [5.74, 6) is 1.91. The minimum atomic E-state index is 0. The second-order valence-electron chi connectivity index (χ2n) is 6.81. The molecule has 2 aromatic rings. The molecular formula is C22H26FNO2S. The molecule has 144 valence electrons. The Morgan fingerprint density at radius 1 is 1.07 bits per heavy atom. The lowest BCUT2D eigenvalue weighted by Gasteiger charge is -2.31. The highest BCUT2D eigenvalue weighted by Gasteiger charge is 2.28. The summed E-state index contributed by atoms with van der Waals surface area (Å²) in [6, 6.07) is 12.9. The van der Waals surface area contributed by atoms with Gasteiger partial charge in [-0.15, -0.1) is 0 Å². The molecule has 4 rings (SSSR count). The Morgan fingerprint density at radius 3 is 2.56 bits per heavy atom. The number of methoxy groups -OCH3 is 1. The number of hydrogen-bond acceptors (Lipinski definition) is 4. The van der Waals surface area contributed by atoms with E-state index in [1.807, 2.05) is 18.7 Å². The third-order valence-corrected chi connectivity index (χ3v) is 6.27. The molecule has 0 aliphatic carbocycles. The molecule has 0 aromatic heterocycles. The summed E-state index contributed by atoms with van der Waals surface area (Å²) in [5.41, 5.74) is 5.49. The molecule has 2 heterocycles. The Hall–Kier alpha value is -1.98. The summed E-state index contributed by atoms with van der Waals surface area (Å²) in [6.07, 6.45) is 2.22. The topological polar surface area (TPSA) is 21.7 Å². The highest BCUT2D eigenvalue weighted by Crippen LogP contribution is 2.51. The van der Waals surface area contributed by atoms with Gasteiger partial charge in [-0.25, -0.2) is 0 Å². The quantitative estimate of drug-likeness (QED) is 0.613. The smallest absolute Gasteiger partial charge is 0.127 e. The minimum absolute atomic E-state index is 0. The van der Waals surface area contributed by atoms with Crippen LogP contribution in [0.15, 0.2) is 51.8 Å². The number of nitrogens with zero attached hydrogens (tertiary/aromatic N) is 1.